The molecule has 0 spiro atoms. The van der Waals surface area contributed by atoms with E-state index in [0.717, 1.165) is 0 Å². The van der Waals surface area contributed by atoms with E-state index >= 15 is 0 Å². The molecule has 1 amide bonds. The molecule has 0 aromatic heterocycles. The van der Waals surface area contributed by atoms with E-state index in [0.29, 0.717) is 36.1 Å². The molecule has 2 aromatic carbocycles. The first-order valence-electron chi connectivity index (χ1n) is 8.12. The molecule has 26 heavy (non-hydrogen) atoms. The first kappa shape index (κ1) is 17.6. The summed E-state index contributed by atoms with van der Waals surface area (Å²) >= 11 is 0. The van der Waals surface area contributed by atoms with E-state index in [1.54, 1.807) is 49.6 Å². The van der Waals surface area contributed by atoms with Gasteiger partial charge in [-0.1, -0.05) is 6.07 Å². The molecule has 0 saturated heterocycles. The number of benzene rings is 2. The number of carbonyl (C=O) groups excluding carboxylic acids is 2. The summed E-state index contributed by atoms with van der Waals surface area (Å²) in [4.78, 5) is 24.5. The average molecular weight is 357 g/mol. The van der Waals surface area contributed by atoms with E-state index in [4.69, 9.17) is 18.9 Å². The summed E-state index contributed by atoms with van der Waals surface area (Å²) in [5, 5.41) is 2.68. The summed E-state index contributed by atoms with van der Waals surface area (Å²) in [7, 11) is 1.54. The maximum absolute atomic E-state index is 12.3. The quantitative estimate of drug-likeness (QED) is 0.829. The Hall–Kier alpha value is -3.22. The standard InChI is InChI=1S/C19H19NO6/c1-12(18(21)20-14-4-3-5-15(11-14)23-2)26-19(22)13-6-7-16-17(10-13)25-9-8-24-16/h3-7,10-12H,8-9H2,1-2H3,(H,20,21). The van der Waals surface area contributed by atoms with Crippen LogP contribution in [0.15, 0.2) is 42.5 Å². The van der Waals surface area contributed by atoms with Gasteiger partial charge < -0.3 is 24.3 Å². The second-order valence-corrected chi connectivity index (χ2v) is 5.63. The number of anilines is 1. The van der Waals surface area contributed by atoms with Crippen molar-refractivity contribution in [3.8, 4) is 17.2 Å². The smallest absolute Gasteiger partial charge is 0.339 e. The summed E-state index contributed by atoms with van der Waals surface area (Å²) in [6.07, 6.45) is -0.970. The molecule has 0 bridgehead atoms. The van der Waals surface area contributed by atoms with Gasteiger partial charge in [0, 0.05) is 11.8 Å². The van der Waals surface area contributed by atoms with E-state index in [9.17, 15) is 9.59 Å². The van der Waals surface area contributed by atoms with Crippen LogP contribution in [0.3, 0.4) is 0 Å². The zero-order chi connectivity index (χ0) is 18.5. The van der Waals surface area contributed by atoms with Gasteiger partial charge in [-0.3, -0.25) is 4.79 Å². The third-order valence-corrected chi connectivity index (χ3v) is 3.77. The number of rotatable bonds is 5. The van der Waals surface area contributed by atoms with Gasteiger partial charge in [-0.2, -0.15) is 0 Å². The Morgan fingerprint density at radius 1 is 1.08 bits per heavy atom. The predicted octanol–water partition coefficient (Wildman–Crippen LogP) is 2.65. The Balaban J connectivity index is 1.62. The molecule has 1 aliphatic heterocycles. The number of esters is 1. The third kappa shape index (κ3) is 4.05. The molecule has 1 N–H and O–H groups in total. The van der Waals surface area contributed by atoms with E-state index < -0.39 is 18.0 Å². The Labute approximate surface area is 150 Å². The molecule has 2 aromatic rings. The van der Waals surface area contributed by atoms with Crippen molar-refractivity contribution >= 4 is 17.6 Å². The van der Waals surface area contributed by atoms with E-state index in [-0.39, 0.29) is 5.56 Å². The van der Waals surface area contributed by atoms with Crippen LogP contribution in [-0.2, 0) is 9.53 Å². The molecule has 1 atom stereocenters. The van der Waals surface area contributed by atoms with Crippen molar-refractivity contribution in [1.29, 1.82) is 0 Å². The van der Waals surface area contributed by atoms with Crippen molar-refractivity contribution in [2.75, 3.05) is 25.6 Å². The Morgan fingerprint density at radius 2 is 1.85 bits per heavy atom. The first-order valence-corrected chi connectivity index (χ1v) is 8.12. The van der Waals surface area contributed by atoms with Crippen LogP contribution in [-0.4, -0.2) is 38.3 Å². The summed E-state index contributed by atoms with van der Waals surface area (Å²) < 4.78 is 21.2. The van der Waals surface area contributed by atoms with Crippen molar-refractivity contribution in [3.05, 3.63) is 48.0 Å². The molecule has 7 nitrogen and oxygen atoms in total. The molecule has 0 radical (unpaired) electrons. The highest BCUT2D eigenvalue weighted by atomic mass is 16.6. The fraction of sp³-hybridized carbons (Fsp3) is 0.263. The molecule has 1 heterocycles. The normalized spacial score (nSPS) is 13.5. The average Bonchev–Trinajstić information content (AvgIpc) is 2.67. The van der Waals surface area contributed by atoms with Gasteiger partial charge in [0.05, 0.1) is 12.7 Å². The minimum atomic E-state index is -0.970. The molecule has 136 valence electrons. The largest absolute Gasteiger partial charge is 0.497 e. The van der Waals surface area contributed by atoms with Crippen LogP contribution in [0.5, 0.6) is 17.2 Å². The van der Waals surface area contributed by atoms with Crippen LogP contribution in [0.2, 0.25) is 0 Å². The topological polar surface area (TPSA) is 83.1 Å². The zero-order valence-electron chi connectivity index (χ0n) is 14.5. The van der Waals surface area contributed by atoms with Gasteiger partial charge in [0.25, 0.3) is 5.91 Å². The van der Waals surface area contributed by atoms with E-state index in [1.165, 1.54) is 6.92 Å². The highest BCUT2D eigenvalue weighted by Gasteiger charge is 2.21. The molecule has 3 rings (SSSR count). The summed E-state index contributed by atoms with van der Waals surface area (Å²) in [5.41, 5.74) is 0.840. The second-order valence-electron chi connectivity index (χ2n) is 5.63. The molecular formula is C19H19NO6. The second kappa shape index (κ2) is 7.77. The van der Waals surface area contributed by atoms with Gasteiger partial charge in [-0.15, -0.1) is 0 Å². The number of carbonyl (C=O) groups is 2. The minimum absolute atomic E-state index is 0.287. The Bertz CT molecular complexity index is 819. The van der Waals surface area contributed by atoms with Crippen LogP contribution < -0.4 is 19.5 Å². The Morgan fingerprint density at radius 3 is 2.62 bits per heavy atom. The van der Waals surface area contributed by atoms with Crippen molar-refractivity contribution in [1.82, 2.24) is 0 Å². The molecular weight excluding hydrogens is 338 g/mol. The van der Waals surface area contributed by atoms with Crippen LogP contribution >= 0.6 is 0 Å². The highest BCUT2D eigenvalue weighted by Crippen LogP contribution is 2.31. The molecule has 7 heteroatoms. The lowest BCUT2D eigenvalue weighted by Gasteiger charge is -2.19. The Kier molecular flexibility index (Phi) is 5.26. The van der Waals surface area contributed by atoms with Gasteiger partial charge in [-0.25, -0.2) is 4.79 Å². The van der Waals surface area contributed by atoms with Crippen molar-refractivity contribution < 1.29 is 28.5 Å². The van der Waals surface area contributed by atoms with Crippen LogP contribution in [0.25, 0.3) is 0 Å². The van der Waals surface area contributed by atoms with Crippen molar-refractivity contribution in [2.45, 2.75) is 13.0 Å². The molecule has 1 unspecified atom stereocenters. The van der Waals surface area contributed by atoms with Crippen LogP contribution in [0.1, 0.15) is 17.3 Å². The minimum Gasteiger partial charge on any atom is -0.497 e. The number of hydrogen-bond donors (Lipinski definition) is 1. The van der Waals surface area contributed by atoms with E-state index in [1.807, 2.05) is 0 Å². The molecule has 0 saturated carbocycles. The SMILES string of the molecule is COc1cccc(NC(=O)C(C)OC(=O)c2ccc3c(c2)OCCO3)c1. The van der Waals surface area contributed by atoms with Crippen LogP contribution in [0.4, 0.5) is 5.69 Å². The zero-order valence-corrected chi connectivity index (χ0v) is 14.5. The van der Waals surface area contributed by atoms with Gasteiger partial charge in [0.2, 0.25) is 0 Å². The number of amides is 1. The lowest BCUT2D eigenvalue weighted by atomic mass is 10.2. The number of fused-ring (bicyclic) bond motifs is 1. The molecule has 1 aliphatic rings. The summed E-state index contributed by atoms with van der Waals surface area (Å²) in [6, 6.07) is 11.7. The molecule has 0 aliphatic carbocycles. The fourth-order valence-electron chi connectivity index (χ4n) is 2.40. The summed E-state index contributed by atoms with van der Waals surface area (Å²) in [5.74, 6) is 0.624. The summed E-state index contributed by atoms with van der Waals surface area (Å²) in [6.45, 7) is 2.40. The van der Waals surface area contributed by atoms with Crippen molar-refractivity contribution in [3.63, 3.8) is 0 Å². The third-order valence-electron chi connectivity index (χ3n) is 3.77. The number of ether oxygens (including phenoxy) is 4. The lowest BCUT2D eigenvalue weighted by Crippen LogP contribution is -2.30. The monoisotopic (exact) mass is 357 g/mol. The number of hydrogen-bond acceptors (Lipinski definition) is 6. The van der Waals surface area contributed by atoms with Gasteiger partial charge >= 0.3 is 5.97 Å². The number of methoxy groups -OCH3 is 1. The van der Waals surface area contributed by atoms with Gasteiger partial charge in [-0.05, 0) is 37.3 Å². The van der Waals surface area contributed by atoms with Crippen molar-refractivity contribution in [2.24, 2.45) is 0 Å². The highest BCUT2D eigenvalue weighted by molar-refractivity contribution is 5.97. The predicted molar refractivity (Wildman–Crippen MR) is 93.9 cm³/mol. The van der Waals surface area contributed by atoms with Gasteiger partial charge in [0.15, 0.2) is 17.6 Å². The van der Waals surface area contributed by atoms with Crippen LogP contribution in [0, 0.1) is 0 Å². The number of nitrogens with one attached hydrogen (secondary N) is 1. The molecule has 0 fully saturated rings. The first-order chi connectivity index (χ1) is 12.6. The van der Waals surface area contributed by atoms with E-state index in [2.05, 4.69) is 5.32 Å². The van der Waals surface area contributed by atoms with Gasteiger partial charge in [0.1, 0.15) is 19.0 Å². The maximum Gasteiger partial charge on any atom is 0.339 e. The fourth-order valence-corrected chi connectivity index (χ4v) is 2.40. The lowest BCUT2D eigenvalue weighted by molar-refractivity contribution is -0.123. The maximum atomic E-state index is 12.3.